The number of alkyl halides is 2. The third-order valence-electron chi connectivity index (χ3n) is 2.50. The van der Waals surface area contributed by atoms with Crippen molar-refractivity contribution >= 4 is 5.97 Å². The summed E-state index contributed by atoms with van der Waals surface area (Å²) in [5.41, 5.74) is 6.35. The molecule has 0 fully saturated rings. The highest BCUT2D eigenvalue weighted by Gasteiger charge is 2.16. The van der Waals surface area contributed by atoms with E-state index >= 15 is 0 Å². The van der Waals surface area contributed by atoms with Crippen LogP contribution in [0.2, 0.25) is 0 Å². The third-order valence-corrected chi connectivity index (χ3v) is 2.50. The normalized spacial score (nSPS) is 10.2. The summed E-state index contributed by atoms with van der Waals surface area (Å²) < 4.78 is 33.6. The molecule has 1 aromatic carbocycles. The number of nitrogens with two attached hydrogens (primary N) is 1. The predicted octanol–water partition coefficient (Wildman–Crippen LogP) is 1.72. The van der Waals surface area contributed by atoms with Crippen LogP contribution < -0.4 is 10.5 Å². The molecule has 1 rings (SSSR count). The quantitative estimate of drug-likeness (QED) is 0.804. The Bertz CT molecular complexity index is 527. The molecular weight excluding hydrogens is 270 g/mol. The molecule has 0 aliphatic rings. The first-order valence-electron chi connectivity index (χ1n) is 5.88. The number of rotatable bonds is 6. The summed E-state index contributed by atoms with van der Waals surface area (Å²) in [4.78, 5) is 11.4. The van der Waals surface area contributed by atoms with E-state index in [2.05, 4.69) is 4.74 Å². The van der Waals surface area contributed by atoms with Crippen molar-refractivity contribution in [2.75, 3.05) is 6.61 Å². The third kappa shape index (κ3) is 4.17. The second-order valence-electron chi connectivity index (χ2n) is 3.79. The predicted molar refractivity (Wildman–Crippen MR) is 66.0 cm³/mol. The highest BCUT2D eigenvalue weighted by atomic mass is 19.3. The van der Waals surface area contributed by atoms with Crippen LogP contribution in [-0.2, 0) is 22.5 Å². The molecule has 0 spiro atoms. The van der Waals surface area contributed by atoms with Gasteiger partial charge in [0, 0.05) is 6.54 Å². The highest BCUT2D eigenvalue weighted by molar-refractivity contribution is 5.73. The SMILES string of the molecule is CCOC(=O)Cc1cc(C#N)c(OC(F)F)cc1CN. The van der Waals surface area contributed by atoms with Gasteiger partial charge in [0.15, 0.2) is 0 Å². The second-order valence-corrected chi connectivity index (χ2v) is 3.79. The van der Waals surface area contributed by atoms with Gasteiger partial charge in [0.05, 0.1) is 18.6 Å². The van der Waals surface area contributed by atoms with Gasteiger partial charge in [0.2, 0.25) is 0 Å². The minimum atomic E-state index is -3.04. The van der Waals surface area contributed by atoms with Crippen molar-refractivity contribution in [1.82, 2.24) is 0 Å². The maximum absolute atomic E-state index is 12.2. The summed E-state index contributed by atoms with van der Waals surface area (Å²) in [5, 5.41) is 8.93. The van der Waals surface area contributed by atoms with Crippen LogP contribution in [-0.4, -0.2) is 19.2 Å². The topological polar surface area (TPSA) is 85.3 Å². The van der Waals surface area contributed by atoms with Gasteiger partial charge in [0.1, 0.15) is 11.8 Å². The molecule has 0 unspecified atom stereocenters. The lowest BCUT2D eigenvalue weighted by Gasteiger charge is -2.12. The Morgan fingerprint density at radius 1 is 1.45 bits per heavy atom. The first-order chi connectivity index (χ1) is 9.51. The van der Waals surface area contributed by atoms with Crippen molar-refractivity contribution in [2.45, 2.75) is 26.5 Å². The Morgan fingerprint density at radius 2 is 2.15 bits per heavy atom. The Labute approximate surface area is 114 Å². The summed E-state index contributed by atoms with van der Waals surface area (Å²) >= 11 is 0. The number of carbonyl (C=O) groups is 1. The van der Waals surface area contributed by atoms with E-state index in [1.807, 2.05) is 0 Å². The average molecular weight is 284 g/mol. The van der Waals surface area contributed by atoms with Gasteiger partial charge in [-0.25, -0.2) is 0 Å². The standard InChI is InChI=1S/C13H14F2N2O3/c1-2-19-12(18)5-8-3-10(7-17)11(20-13(14)15)4-9(8)6-16/h3-4,13H,2,5-6,16H2,1H3. The summed E-state index contributed by atoms with van der Waals surface area (Å²) in [6, 6.07) is 4.31. The lowest BCUT2D eigenvalue weighted by atomic mass is 10.0. The molecule has 0 aliphatic carbocycles. The molecule has 0 aliphatic heterocycles. The van der Waals surface area contributed by atoms with Gasteiger partial charge < -0.3 is 15.2 Å². The van der Waals surface area contributed by atoms with Crippen molar-refractivity contribution in [3.63, 3.8) is 0 Å². The van der Waals surface area contributed by atoms with Crippen LogP contribution in [0.3, 0.4) is 0 Å². The lowest BCUT2D eigenvalue weighted by molar-refractivity contribution is -0.142. The summed E-state index contributed by atoms with van der Waals surface area (Å²) in [6.45, 7) is -1.11. The molecule has 0 radical (unpaired) electrons. The Hall–Kier alpha value is -2.20. The molecule has 1 aromatic rings. The molecule has 0 atom stereocenters. The number of hydrogen-bond donors (Lipinski definition) is 1. The van der Waals surface area contributed by atoms with Crippen LogP contribution in [0, 0.1) is 11.3 Å². The molecule has 0 saturated heterocycles. The van der Waals surface area contributed by atoms with E-state index in [1.165, 1.54) is 12.1 Å². The van der Waals surface area contributed by atoms with Crippen LogP contribution >= 0.6 is 0 Å². The van der Waals surface area contributed by atoms with E-state index < -0.39 is 12.6 Å². The van der Waals surface area contributed by atoms with Crippen molar-refractivity contribution in [3.05, 3.63) is 28.8 Å². The number of ether oxygens (including phenoxy) is 2. The molecule has 0 bridgehead atoms. The minimum absolute atomic E-state index is 0.0278. The lowest BCUT2D eigenvalue weighted by Crippen LogP contribution is -2.12. The van der Waals surface area contributed by atoms with Crippen molar-refractivity contribution in [1.29, 1.82) is 5.26 Å². The second kappa shape index (κ2) is 7.40. The van der Waals surface area contributed by atoms with Gasteiger partial charge >= 0.3 is 12.6 Å². The largest absolute Gasteiger partial charge is 0.466 e. The number of carbonyl (C=O) groups excluding carboxylic acids is 1. The molecule has 5 nitrogen and oxygen atoms in total. The summed E-state index contributed by atoms with van der Waals surface area (Å²) in [6.07, 6.45) is -0.0794. The number of nitrogens with zero attached hydrogens (tertiary/aromatic N) is 1. The molecule has 20 heavy (non-hydrogen) atoms. The van der Waals surface area contributed by atoms with Gasteiger partial charge in [-0.15, -0.1) is 0 Å². The van der Waals surface area contributed by atoms with Crippen LogP contribution in [0.25, 0.3) is 0 Å². The Kier molecular flexibility index (Phi) is 5.87. The monoisotopic (exact) mass is 284 g/mol. The number of hydrogen-bond acceptors (Lipinski definition) is 5. The zero-order valence-corrected chi connectivity index (χ0v) is 10.9. The van der Waals surface area contributed by atoms with Crippen LogP contribution in [0.15, 0.2) is 12.1 Å². The molecule has 0 saturated carbocycles. The fraction of sp³-hybridized carbons (Fsp3) is 0.385. The van der Waals surface area contributed by atoms with Gasteiger partial charge in [0.25, 0.3) is 0 Å². The highest BCUT2D eigenvalue weighted by Crippen LogP contribution is 2.25. The fourth-order valence-electron chi connectivity index (χ4n) is 1.67. The fourth-order valence-corrected chi connectivity index (χ4v) is 1.67. The van der Waals surface area contributed by atoms with E-state index in [-0.39, 0.29) is 30.9 Å². The van der Waals surface area contributed by atoms with Crippen LogP contribution in [0.4, 0.5) is 8.78 Å². The Morgan fingerprint density at radius 3 is 2.65 bits per heavy atom. The van der Waals surface area contributed by atoms with Crippen molar-refractivity contribution < 1.29 is 23.0 Å². The van der Waals surface area contributed by atoms with Crippen LogP contribution in [0.1, 0.15) is 23.6 Å². The molecule has 0 heterocycles. The molecule has 108 valence electrons. The molecule has 2 N–H and O–H groups in total. The van der Waals surface area contributed by atoms with Crippen LogP contribution in [0.5, 0.6) is 5.75 Å². The maximum atomic E-state index is 12.2. The first-order valence-corrected chi connectivity index (χ1v) is 5.88. The molecular formula is C13H14F2N2O3. The van der Waals surface area contributed by atoms with E-state index in [9.17, 15) is 13.6 Å². The number of esters is 1. The molecule has 0 aromatic heterocycles. The number of nitriles is 1. The van der Waals surface area contributed by atoms with Crippen molar-refractivity contribution in [2.24, 2.45) is 5.73 Å². The van der Waals surface area contributed by atoms with Gasteiger partial charge in [-0.1, -0.05) is 0 Å². The van der Waals surface area contributed by atoms with Gasteiger partial charge in [-0.3, -0.25) is 4.79 Å². The smallest absolute Gasteiger partial charge is 0.387 e. The van der Waals surface area contributed by atoms with E-state index in [1.54, 1.807) is 13.0 Å². The van der Waals surface area contributed by atoms with Crippen molar-refractivity contribution in [3.8, 4) is 11.8 Å². The zero-order valence-electron chi connectivity index (χ0n) is 10.9. The minimum Gasteiger partial charge on any atom is -0.466 e. The van der Waals surface area contributed by atoms with E-state index in [0.717, 1.165) is 0 Å². The molecule has 7 heteroatoms. The van der Waals surface area contributed by atoms with Gasteiger partial charge in [-0.05, 0) is 30.2 Å². The summed E-state index contributed by atoms with van der Waals surface area (Å²) in [5.74, 6) is -0.732. The maximum Gasteiger partial charge on any atom is 0.387 e. The molecule has 0 amide bonds. The zero-order chi connectivity index (χ0) is 15.1. The summed E-state index contributed by atoms with van der Waals surface area (Å²) in [7, 11) is 0. The van der Waals surface area contributed by atoms with Gasteiger partial charge in [-0.2, -0.15) is 14.0 Å². The number of halogens is 2. The number of benzene rings is 1. The first kappa shape index (κ1) is 15.9. The van der Waals surface area contributed by atoms with E-state index in [0.29, 0.717) is 11.1 Å². The Balaban J connectivity index is 3.12. The van der Waals surface area contributed by atoms with E-state index in [4.69, 9.17) is 15.7 Å². The average Bonchev–Trinajstić information content (AvgIpc) is 2.39.